The molecule has 1 aliphatic carbocycles. The zero-order chi connectivity index (χ0) is 15.3. The van der Waals surface area contributed by atoms with Crippen molar-refractivity contribution in [2.24, 2.45) is 0 Å². The number of hydrogen-bond donors (Lipinski definition) is 1. The van der Waals surface area contributed by atoms with Crippen LogP contribution in [-0.2, 0) is 5.60 Å². The molecular weight excluding hydrogens is 292 g/mol. The van der Waals surface area contributed by atoms with Crippen molar-refractivity contribution < 1.29 is 5.11 Å². The van der Waals surface area contributed by atoms with Gasteiger partial charge in [-0.25, -0.2) is 0 Å². The van der Waals surface area contributed by atoms with Crippen LogP contribution in [0, 0.1) is 6.92 Å². The number of halogens is 1. The fourth-order valence-electron chi connectivity index (χ4n) is 3.37. The number of aliphatic hydroxyl groups is 1. The molecule has 1 aliphatic rings. The van der Waals surface area contributed by atoms with Crippen molar-refractivity contribution in [1.82, 2.24) is 0 Å². The first-order chi connectivity index (χ1) is 10.6. The van der Waals surface area contributed by atoms with E-state index < -0.39 is 5.60 Å². The molecule has 0 heterocycles. The van der Waals surface area contributed by atoms with Crippen molar-refractivity contribution in [2.45, 2.75) is 12.5 Å². The van der Waals surface area contributed by atoms with E-state index in [0.717, 1.165) is 33.4 Å². The van der Waals surface area contributed by atoms with Gasteiger partial charge in [-0.1, -0.05) is 71.8 Å². The quantitative estimate of drug-likeness (QED) is 0.677. The number of hydrogen-bond acceptors (Lipinski definition) is 1. The lowest BCUT2D eigenvalue weighted by Gasteiger charge is -2.26. The van der Waals surface area contributed by atoms with Gasteiger partial charge >= 0.3 is 0 Å². The number of benzene rings is 3. The van der Waals surface area contributed by atoms with E-state index in [-0.39, 0.29) is 0 Å². The lowest BCUT2D eigenvalue weighted by atomic mass is 9.84. The fourth-order valence-corrected chi connectivity index (χ4v) is 3.50. The largest absolute Gasteiger partial charge is 0.376 e. The van der Waals surface area contributed by atoms with Crippen LogP contribution in [0.3, 0.4) is 0 Å². The maximum atomic E-state index is 11.6. The molecule has 0 amide bonds. The molecule has 3 aromatic rings. The van der Waals surface area contributed by atoms with E-state index >= 15 is 0 Å². The molecule has 1 nitrogen and oxygen atoms in total. The van der Waals surface area contributed by atoms with Crippen LogP contribution in [0.2, 0.25) is 5.02 Å². The molecule has 22 heavy (non-hydrogen) atoms. The maximum absolute atomic E-state index is 11.6. The Morgan fingerprint density at radius 3 is 2.27 bits per heavy atom. The van der Waals surface area contributed by atoms with Crippen molar-refractivity contribution in [1.29, 1.82) is 0 Å². The lowest BCUT2D eigenvalue weighted by molar-refractivity contribution is 0.130. The first kappa shape index (κ1) is 13.6. The zero-order valence-corrected chi connectivity index (χ0v) is 12.9. The number of fused-ring (bicyclic) bond motifs is 3. The van der Waals surface area contributed by atoms with Gasteiger partial charge in [0, 0.05) is 16.1 Å². The van der Waals surface area contributed by atoms with Crippen LogP contribution in [-0.4, -0.2) is 5.11 Å². The van der Waals surface area contributed by atoms with Crippen LogP contribution in [0.1, 0.15) is 22.3 Å². The lowest BCUT2D eigenvalue weighted by Crippen LogP contribution is -2.26. The van der Waals surface area contributed by atoms with E-state index in [4.69, 9.17) is 11.6 Å². The first-order valence-electron chi connectivity index (χ1n) is 7.30. The number of aryl methyl sites for hydroxylation is 1. The molecule has 1 unspecified atom stereocenters. The summed E-state index contributed by atoms with van der Waals surface area (Å²) in [5.74, 6) is 0. The molecule has 0 saturated heterocycles. The Morgan fingerprint density at radius 1 is 0.818 bits per heavy atom. The monoisotopic (exact) mass is 306 g/mol. The molecular formula is C20H15ClO. The highest BCUT2D eigenvalue weighted by Crippen LogP contribution is 2.51. The van der Waals surface area contributed by atoms with E-state index in [0.29, 0.717) is 5.02 Å². The van der Waals surface area contributed by atoms with Gasteiger partial charge in [0.1, 0.15) is 5.60 Å². The van der Waals surface area contributed by atoms with Crippen molar-refractivity contribution in [3.63, 3.8) is 0 Å². The summed E-state index contributed by atoms with van der Waals surface area (Å²) in [5.41, 5.74) is 4.91. The van der Waals surface area contributed by atoms with Crippen LogP contribution in [0.15, 0.2) is 66.7 Å². The van der Waals surface area contributed by atoms with Crippen molar-refractivity contribution in [3.05, 3.63) is 94.0 Å². The predicted octanol–water partition coefficient (Wildman–Crippen LogP) is 4.91. The Morgan fingerprint density at radius 2 is 1.50 bits per heavy atom. The van der Waals surface area contributed by atoms with Gasteiger partial charge in [0.2, 0.25) is 0 Å². The van der Waals surface area contributed by atoms with Crippen molar-refractivity contribution >= 4 is 11.6 Å². The van der Waals surface area contributed by atoms with E-state index in [1.54, 1.807) is 0 Å². The van der Waals surface area contributed by atoms with E-state index in [1.165, 1.54) is 0 Å². The van der Waals surface area contributed by atoms with Gasteiger partial charge in [0.05, 0.1) is 0 Å². The third-order valence-electron chi connectivity index (χ3n) is 4.43. The van der Waals surface area contributed by atoms with Gasteiger partial charge in [0.25, 0.3) is 0 Å². The van der Waals surface area contributed by atoms with E-state index in [9.17, 15) is 5.11 Å². The summed E-state index contributed by atoms with van der Waals surface area (Å²) in [6, 6.07) is 21.7. The first-order valence-corrected chi connectivity index (χ1v) is 7.68. The summed E-state index contributed by atoms with van der Waals surface area (Å²) in [7, 11) is 0. The highest BCUT2D eigenvalue weighted by Gasteiger charge is 2.42. The molecule has 0 fully saturated rings. The molecule has 0 bridgehead atoms. The highest BCUT2D eigenvalue weighted by atomic mass is 35.5. The third kappa shape index (κ3) is 1.76. The average molecular weight is 307 g/mol. The second kappa shape index (κ2) is 4.70. The van der Waals surface area contributed by atoms with Gasteiger partial charge in [0.15, 0.2) is 0 Å². The summed E-state index contributed by atoms with van der Waals surface area (Å²) >= 11 is 6.01. The Hall–Kier alpha value is -2.09. The van der Waals surface area contributed by atoms with Crippen molar-refractivity contribution in [3.8, 4) is 11.1 Å². The molecule has 3 aromatic carbocycles. The molecule has 1 atom stereocenters. The topological polar surface area (TPSA) is 20.2 Å². The summed E-state index contributed by atoms with van der Waals surface area (Å²) in [5, 5.41) is 12.3. The van der Waals surface area contributed by atoms with Crippen LogP contribution in [0.4, 0.5) is 0 Å². The molecule has 4 rings (SSSR count). The molecule has 1 N–H and O–H groups in total. The van der Waals surface area contributed by atoms with Gasteiger partial charge < -0.3 is 5.11 Å². The standard InChI is InChI=1S/C20H15ClO/c1-13-6-11-17-16-4-2-3-5-18(16)20(22,19(17)12-13)14-7-9-15(21)10-8-14/h2-12,22H,1H3. The van der Waals surface area contributed by atoms with Gasteiger partial charge in [-0.2, -0.15) is 0 Å². The van der Waals surface area contributed by atoms with Crippen LogP contribution < -0.4 is 0 Å². The Balaban J connectivity index is 2.07. The van der Waals surface area contributed by atoms with Crippen LogP contribution >= 0.6 is 11.6 Å². The minimum Gasteiger partial charge on any atom is -0.376 e. The third-order valence-corrected chi connectivity index (χ3v) is 4.69. The second-order valence-electron chi connectivity index (χ2n) is 5.81. The van der Waals surface area contributed by atoms with Gasteiger partial charge in [-0.05, 0) is 35.7 Å². The molecule has 0 spiro atoms. The molecule has 0 aromatic heterocycles. The second-order valence-corrected chi connectivity index (χ2v) is 6.25. The zero-order valence-electron chi connectivity index (χ0n) is 12.2. The van der Waals surface area contributed by atoms with Gasteiger partial charge in [-0.3, -0.25) is 0 Å². The van der Waals surface area contributed by atoms with Gasteiger partial charge in [-0.15, -0.1) is 0 Å². The normalized spacial score (nSPS) is 18.9. The molecule has 0 saturated carbocycles. The Bertz CT molecular complexity index is 867. The minimum absolute atomic E-state index is 0.670. The Labute approximate surface area is 134 Å². The average Bonchev–Trinajstić information content (AvgIpc) is 2.79. The summed E-state index contributed by atoms with van der Waals surface area (Å²) < 4.78 is 0. The Kier molecular flexibility index (Phi) is 2.90. The molecule has 108 valence electrons. The van der Waals surface area contributed by atoms with Crippen LogP contribution in [0.25, 0.3) is 11.1 Å². The highest BCUT2D eigenvalue weighted by molar-refractivity contribution is 6.30. The number of rotatable bonds is 1. The van der Waals surface area contributed by atoms with E-state index in [2.05, 4.69) is 24.3 Å². The SMILES string of the molecule is Cc1ccc2c(c1)C(O)(c1ccc(Cl)cc1)c1ccccc1-2. The predicted molar refractivity (Wildman–Crippen MR) is 90.2 cm³/mol. The summed E-state index contributed by atoms with van der Waals surface area (Å²) in [6.45, 7) is 2.05. The summed E-state index contributed by atoms with van der Waals surface area (Å²) in [4.78, 5) is 0. The van der Waals surface area contributed by atoms with E-state index in [1.807, 2.05) is 49.4 Å². The summed E-state index contributed by atoms with van der Waals surface area (Å²) in [6.07, 6.45) is 0. The molecule has 2 heteroatoms. The molecule has 0 radical (unpaired) electrons. The van der Waals surface area contributed by atoms with Crippen LogP contribution in [0.5, 0.6) is 0 Å². The smallest absolute Gasteiger partial charge is 0.141 e. The fraction of sp³-hybridized carbons (Fsp3) is 0.100. The molecule has 0 aliphatic heterocycles. The maximum Gasteiger partial charge on any atom is 0.141 e. The van der Waals surface area contributed by atoms with Crippen molar-refractivity contribution in [2.75, 3.05) is 0 Å². The minimum atomic E-state index is -1.12.